The van der Waals surface area contributed by atoms with Crippen LogP contribution < -0.4 is 39.7 Å². The van der Waals surface area contributed by atoms with Gasteiger partial charge in [0.1, 0.15) is 97.8 Å². The second-order valence-electron chi connectivity index (χ2n) is 27.1. The number of nitrogens with two attached hydrogens (primary N) is 3. The highest BCUT2D eigenvalue weighted by atomic mass is 31.3. The predicted molar refractivity (Wildman–Crippen MR) is 443 cm³/mol. The Morgan fingerprint density at radius 2 is 0.717 bits per heavy atom. The van der Waals surface area contributed by atoms with E-state index < -0.39 is 241 Å². The molecule has 4 fully saturated rings. The number of nitrogen functional groups attached to an aromatic ring is 3. The number of nitrogens with one attached hydrogen (secondary N) is 2. The Morgan fingerprint density at radius 3 is 1.04 bits per heavy atom. The first-order valence-corrected chi connectivity index (χ1v) is 54.6. The van der Waals surface area contributed by atoms with E-state index in [1.54, 1.807) is 16.8 Å². The van der Waals surface area contributed by atoms with Gasteiger partial charge in [-0.15, -0.1) is 0 Å². The fourth-order valence-electron chi connectivity index (χ4n) is 11.9. The van der Waals surface area contributed by atoms with Gasteiger partial charge in [0.2, 0.25) is 5.95 Å². The standard InChI is InChI=1S/C13H20N7O13P3.C13H20N7O12P3.C12H20N5O14P3.C11H19N6O13P3/c1-6(18-19-15)30-8-4-10(20-3-2-7-11(20)16-13(14)17-12(7)21)31-9(8)5-29-35(25,26)33-36(27,28)32-34(22,23)24;1-7(18-19-15)29-9-4-11(20-3-2-8-12(14)16-6-17-13(8)20)30-10(9)5-28-34(24,25)32-35(26,27)31-33(21,22)23;1-6-4-17(12(19)14-11(6)18)10-3-8(28-7(2)15-16-13)9(29-10)5-27-33(23,24)31-34(25,26)30-32(20,21)22;1-6(15-16-13)27-7-4-10(17-3-2-9(12)14-11(17)18)28-8(7)5-26-32(22,23)30-33(24,25)29-31(19,20)21/h2-3,6,8-10H,4-5H2,1H3,(H,25,26)(H,27,28)(H2,22,23,24)(H3,14,16,17,21);2-3,6-7,9-11H,4-5H2,1H3,(H,24,25)(H,26,27)(H2,14,16,17)(H2,21,22,23);4,7-10H,3,5H2,1-2H3,(H,23,24)(H,25,26)(H,14,18,19)(H2,20,21,22);2-3,6-8,10H,4-5H2,1H3,(H,22,23)(H,24,25)(H2,12,14,18)(H2,19,20,21)/t6-,8-,9-,10-;7-,9-,10-,11-;7-,8-,9-,10-;6-,7-,8-,10-/m1111/s1. The molecule has 0 amide bonds. The van der Waals surface area contributed by atoms with Gasteiger partial charge in [-0.05, 0) is 74.9 Å². The van der Waals surface area contributed by atoms with Crippen molar-refractivity contribution in [2.75, 3.05) is 43.6 Å². The zero-order valence-electron chi connectivity index (χ0n) is 69.4. The number of aromatic nitrogens is 10. The Balaban J connectivity index is 0.000000251. The molecule has 138 heavy (non-hydrogen) atoms. The molecule has 24 atom stereocenters. The maximum Gasteiger partial charge on any atom is 0.490 e. The average molecular weight is 2220 g/mol. The average Bonchev–Trinajstić information content (AvgIpc) is 1.63. The number of ether oxygens (including phenoxy) is 8. The predicted octanol–water partition coefficient (Wildman–Crippen LogP) is 3.68. The highest BCUT2D eigenvalue weighted by molar-refractivity contribution is 7.68. The van der Waals surface area contributed by atoms with Crippen LogP contribution in [0.5, 0.6) is 0 Å². The number of aromatic amines is 2. The van der Waals surface area contributed by atoms with E-state index in [4.69, 9.17) is 116 Å². The van der Waals surface area contributed by atoms with Crippen LogP contribution in [0.25, 0.3) is 63.8 Å². The minimum atomic E-state index is -5.73. The van der Waals surface area contributed by atoms with E-state index in [1.165, 1.54) is 76.2 Å². The highest BCUT2D eigenvalue weighted by Gasteiger charge is 2.50. The molecule has 89 heteroatoms. The molecule has 772 valence electrons. The van der Waals surface area contributed by atoms with E-state index in [0.717, 1.165) is 9.13 Å². The van der Waals surface area contributed by atoms with E-state index in [0.29, 0.717) is 11.0 Å². The van der Waals surface area contributed by atoms with Crippen molar-refractivity contribution >= 4 is 134 Å². The number of hydrogen-bond acceptors (Lipinski definition) is 47. The number of aryl methyl sites for hydroxylation is 1. The molecule has 0 radical (unpaired) electrons. The van der Waals surface area contributed by atoms with Crippen LogP contribution in [0.2, 0.25) is 0 Å². The molecule has 77 nitrogen and oxygen atoms in total. The van der Waals surface area contributed by atoms with E-state index in [2.05, 4.69) is 123 Å². The lowest BCUT2D eigenvalue weighted by atomic mass is 10.2. The van der Waals surface area contributed by atoms with Crippen LogP contribution in [-0.2, 0) is 145 Å². The molecular weight excluding hydrogens is 2140 g/mol. The molecule has 6 aromatic heterocycles. The summed E-state index contributed by atoms with van der Waals surface area (Å²) in [7, 11) is -66.8. The minimum absolute atomic E-state index is 0.0217. The molecule has 0 saturated carbocycles. The highest BCUT2D eigenvalue weighted by Crippen LogP contribution is 2.70. The van der Waals surface area contributed by atoms with Crippen molar-refractivity contribution in [1.29, 1.82) is 0 Å². The molecule has 0 bridgehead atoms. The summed E-state index contributed by atoms with van der Waals surface area (Å²) < 4.78 is 235. The summed E-state index contributed by atoms with van der Waals surface area (Å²) in [6.07, 6.45) is -9.71. The third kappa shape index (κ3) is 38.3. The number of hydrogen-bond donors (Lipinski definition) is 21. The van der Waals surface area contributed by atoms with Gasteiger partial charge in [0, 0.05) is 75.7 Å². The van der Waals surface area contributed by atoms with Crippen LogP contribution in [0.15, 0.2) is 88.9 Å². The number of phosphoric ester groups is 4. The van der Waals surface area contributed by atoms with Crippen LogP contribution in [0.3, 0.4) is 0 Å². The smallest absolute Gasteiger partial charge is 0.383 e. The van der Waals surface area contributed by atoms with Gasteiger partial charge < -0.3 is 143 Å². The Morgan fingerprint density at radius 1 is 0.413 bits per heavy atom. The molecule has 0 spiro atoms. The molecule has 6 aromatic rings. The molecule has 0 aliphatic carbocycles. The van der Waals surface area contributed by atoms with Gasteiger partial charge in [-0.2, -0.15) is 44.5 Å². The molecular formula is C49H79N25O52P12. The van der Waals surface area contributed by atoms with Crippen molar-refractivity contribution in [3.63, 3.8) is 0 Å². The van der Waals surface area contributed by atoms with Crippen molar-refractivity contribution < 1.29 is 224 Å². The fourth-order valence-corrected chi connectivity index (χ4v) is 24.0. The molecule has 4 saturated heterocycles. The second-order valence-corrected chi connectivity index (χ2v) is 44.8. The SMILES string of the molecule is C[C@H](N=[N+]=[N-])O[C@@H]1C[C@H](n2ccc(N)nc2=O)O[C@@H]1COP(=O)(O)OP(=O)(O)OP(=O)(O)O.C[C@H](N=[N+]=[N-])O[C@@H]1C[C@H](n2ccc3c(=O)[nH]c(N)nc32)O[C@@H]1COP(=O)(O)OP(=O)(O)OP(=O)(O)O.C[C@H](N=[N+]=[N-])O[C@@H]1C[C@H](n2ccc3c(N)ncnc32)O[C@@H]1COP(=O)(O)OP(=O)(O)OP(=O)(O)O.Cc1cn([C@H]2C[C@@H](O[C@H](C)N=[N+]=[N-])[C@@H](COP(=O)(O)OP(=O)(O)OP(=O)(O)O)O2)c(=O)[nH]c1=O. The van der Waals surface area contributed by atoms with Gasteiger partial charge in [-0.3, -0.25) is 46.8 Å². The van der Waals surface area contributed by atoms with Crippen molar-refractivity contribution in [1.82, 2.24) is 48.2 Å². The zero-order chi connectivity index (χ0) is 104. The Kier molecular flexibility index (Phi) is 41.1. The number of rotatable bonds is 44. The van der Waals surface area contributed by atoms with Gasteiger partial charge >= 0.3 is 105 Å². The monoisotopic (exact) mass is 2220 g/mol. The van der Waals surface area contributed by atoms with Gasteiger partial charge in [0.15, 0.2) is 5.65 Å². The summed E-state index contributed by atoms with van der Waals surface area (Å²) in [5.74, 6) is 0.00315. The van der Waals surface area contributed by atoms with Crippen LogP contribution in [0, 0.1) is 6.92 Å². The Bertz CT molecular complexity index is 6440. The number of azide groups is 4. The van der Waals surface area contributed by atoms with E-state index >= 15 is 0 Å². The lowest BCUT2D eigenvalue weighted by Crippen LogP contribution is -2.33. The summed E-state index contributed by atoms with van der Waals surface area (Å²) in [5, 5.41) is 14.1. The lowest BCUT2D eigenvalue weighted by Gasteiger charge is -2.22. The number of H-pyrrole nitrogens is 2. The van der Waals surface area contributed by atoms with E-state index in [9.17, 15) is 113 Å². The number of fused-ring (bicyclic) bond motifs is 2. The van der Waals surface area contributed by atoms with Crippen LogP contribution in [0.4, 0.5) is 17.6 Å². The Hall–Kier alpha value is -7.44. The number of phosphoric acid groups is 12. The first-order chi connectivity index (χ1) is 63.4. The lowest BCUT2D eigenvalue weighted by molar-refractivity contribution is -0.0758. The van der Waals surface area contributed by atoms with Crippen molar-refractivity contribution in [3.8, 4) is 0 Å². The topological polar surface area (TPSA) is 1160 Å². The van der Waals surface area contributed by atoms with Crippen molar-refractivity contribution in [2.24, 2.45) is 20.5 Å². The Labute approximate surface area is 763 Å². The van der Waals surface area contributed by atoms with Gasteiger partial charge in [0.25, 0.3) is 11.1 Å². The summed E-state index contributed by atoms with van der Waals surface area (Å²) in [6, 6.07) is 4.40. The molecule has 4 aliphatic rings. The quantitative estimate of drug-likeness (QED) is 0.0112. The van der Waals surface area contributed by atoms with E-state index in [-0.39, 0.29) is 59.9 Å². The minimum Gasteiger partial charge on any atom is -0.383 e. The maximum absolute atomic E-state index is 12.2. The first kappa shape index (κ1) is 118. The fraction of sp³-hybridized carbons (Fsp3) is 0.592. The number of nitrogens with zero attached hydrogens (tertiary/aromatic N) is 20. The molecule has 10 heterocycles. The van der Waals surface area contributed by atoms with Crippen LogP contribution >= 0.6 is 93.9 Å². The normalized spacial score (nSPS) is 25.1. The maximum atomic E-state index is 12.2. The van der Waals surface area contributed by atoms with Gasteiger partial charge in [-0.25, -0.2) is 74.3 Å². The third-order valence-electron chi connectivity index (χ3n) is 16.7. The molecule has 0 aromatic carbocycles. The molecule has 10 rings (SSSR count). The summed E-state index contributed by atoms with van der Waals surface area (Å²) >= 11 is 0. The zero-order valence-corrected chi connectivity index (χ0v) is 80.1. The third-order valence-corrected chi connectivity index (χ3v) is 31.9. The first-order valence-electron chi connectivity index (χ1n) is 36.5. The van der Waals surface area contributed by atoms with Crippen LogP contribution in [-0.4, -0.2) is 227 Å². The van der Waals surface area contributed by atoms with E-state index in [1.807, 2.05) is 0 Å². The summed E-state index contributed by atoms with van der Waals surface area (Å²) in [6.45, 7) is 3.72. The molecule has 24 N–H and O–H groups in total. The van der Waals surface area contributed by atoms with Gasteiger partial charge in [0.05, 0.1) is 61.6 Å². The number of anilines is 3. The molecule has 8 unspecified atom stereocenters. The van der Waals surface area contributed by atoms with Crippen LogP contribution in [0.1, 0.15) is 83.9 Å². The molecule has 4 aliphatic heterocycles. The van der Waals surface area contributed by atoms with Gasteiger partial charge in [-0.1, -0.05) is 20.5 Å². The van der Waals surface area contributed by atoms with Crippen molar-refractivity contribution in [3.05, 3.63) is 138 Å². The largest absolute Gasteiger partial charge is 0.490 e. The summed E-state index contributed by atoms with van der Waals surface area (Å²) in [5.41, 5.74) is 49.1. The summed E-state index contributed by atoms with van der Waals surface area (Å²) in [4.78, 5) is 223. The van der Waals surface area contributed by atoms with Crippen molar-refractivity contribution in [2.45, 2.75) is 159 Å². The second kappa shape index (κ2) is 48.3.